The van der Waals surface area contributed by atoms with Gasteiger partial charge in [0.15, 0.2) is 0 Å². The summed E-state index contributed by atoms with van der Waals surface area (Å²) >= 11 is 0. The Hall–Kier alpha value is -2.18. The zero-order valence-electron chi connectivity index (χ0n) is 17.6. The average Bonchev–Trinajstić information content (AvgIpc) is 3.31. The molecule has 0 bridgehead atoms. The van der Waals surface area contributed by atoms with Crippen molar-refractivity contribution in [3.63, 3.8) is 0 Å². The molecule has 3 aromatic rings. The first-order valence-electron chi connectivity index (χ1n) is 10.4. The van der Waals surface area contributed by atoms with Gasteiger partial charge in [-0.25, -0.2) is 0 Å². The molecule has 1 fully saturated rings. The minimum atomic E-state index is -0.262. The molecule has 2 heterocycles. The highest BCUT2D eigenvalue weighted by Gasteiger charge is 2.24. The van der Waals surface area contributed by atoms with E-state index in [1.54, 1.807) is 0 Å². The minimum Gasteiger partial charge on any atom is -0.391 e. The number of aliphatic hydroxyl groups excluding tert-OH is 1. The van der Waals surface area contributed by atoms with Crippen molar-refractivity contribution in [3.8, 4) is 11.3 Å². The van der Waals surface area contributed by atoms with Gasteiger partial charge in [0.25, 0.3) is 0 Å². The van der Waals surface area contributed by atoms with Crippen LogP contribution in [0.4, 0.5) is 0 Å². The molecule has 0 spiro atoms. The highest BCUT2D eigenvalue weighted by Crippen LogP contribution is 2.25. The summed E-state index contributed by atoms with van der Waals surface area (Å²) in [6, 6.07) is 17.0. The highest BCUT2D eigenvalue weighted by molar-refractivity contribution is 5.85. The van der Waals surface area contributed by atoms with Crippen molar-refractivity contribution in [2.45, 2.75) is 33.0 Å². The van der Waals surface area contributed by atoms with E-state index in [2.05, 4.69) is 73.1 Å². The molecule has 0 radical (unpaired) electrons. The molecule has 3 N–H and O–H groups in total. The summed E-state index contributed by atoms with van der Waals surface area (Å²) in [6.07, 6.45) is 1.89. The van der Waals surface area contributed by atoms with Gasteiger partial charge in [0, 0.05) is 49.4 Å². The van der Waals surface area contributed by atoms with Gasteiger partial charge in [0.1, 0.15) is 0 Å². The van der Waals surface area contributed by atoms with E-state index < -0.39 is 0 Å². The minimum absolute atomic E-state index is 0. The fraction of sp³-hybridized carbons (Fsp3) is 0.375. The molecule has 2 unspecified atom stereocenters. The number of aromatic nitrogens is 2. The Labute approximate surface area is 184 Å². The predicted octanol–water partition coefficient (Wildman–Crippen LogP) is 3.31. The second-order valence-electron chi connectivity index (χ2n) is 8.10. The SMILES string of the molecule is Cc1ccc(-c2nn(Cc3ccccc3)cc2CNCC2CNCC2O)cc1C.Cl. The highest BCUT2D eigenvalue weighted by atomic mass is 35.5. The number of aryl methyl sites for hydroxylation is 2. The molecule has 2 atom stereocenters. The van der Waals surface area contributed by atoms with Crippen LogP contribution < -0.4 is 10.6 Å². The fourth-order valence-electron chi connectivity index (χ4n) is 3.90. The van der Waals surface area contributed by atoms with E-state index in [0.29, 0.717) is 6.54 Å². The van der Waals surface area contributed by atoms with E-state index in [1.807, 2.05) is 10.7 Å². The number of nitrogens with zero attached hydrogens (tertiary/aromatic N) is 2. The van der Waals surface area contributed by atoms with Crippen LogP contribution in [0.2, 0.25) is 0 Å². The maximum absolute atomic E-state index is 10.0. The average molecular weight is 427 g/mol. The molecule has 0 aliphatic carbocycles. The van der Waals surface area contributed by atoms with Crippen LogP contribution in [-0.2, 0) is 13.1 Å². The van der Waals surface area contributed by atoms with Crippen molar-refractivity contribution >= 4 is 12.4 Å². The van der Waals surface area contributed by atoms with Gasteiger partial charge in [0.05, 0.1) is 18.3 Å². The molecular formula is C24H31ClN4O. The van der Waals surface area contributed by atoms with Crippen LogP contribution in [0.1, 0.15) is 22.3 Å². The molecule has 0 saturated carbocycles. The zero-order valence-corrected chi connectivity index (χ0v) is 18.5. The van der Waals surface area contributed by atoms with Crippen LogP contribution in [0.25, 0.3) is 11.3 Å². The Balaban J connectivity index is 0.00000256. The number of rotatable bonds is 7. The van der Waals surface area contributed by atoms with Gasteiger partial charge >= 0.3 is 0 Å². The summed E-state index contributed by atoms with van der Waals surface area (Å²) in [5.74, 6) is 0.263. The molecular weight excluding hydrogens is 396 g/mol. The lowest BCUT2D eigenvalue weighted by Crippen LogP contribution is -2.30. The smallest absolute Gasteiger partial charge is 0.0968 e. The van der Waals surface area contributed by atoms with Crippen LogP contribution in [0.3, 0.4) is 0 Å². The van der Waals surface area contributed by atoms with Crippen LogP contribution in [0.15, 0.2) is 54.7 Å². The van der Waals surface area contributed by atoms with Crippen LogP contribution in [0, 0.1) is 19.8 Å². The van der Waals surface area contributed by atoms with Gasteiger partial charge in [-0.3, -0.25) is 4.68 Å². The third-order valence-electron chi connectivity index (χ3n) is 5.83. The van der Waals surface area contributed by atoms with Crippen molar-refractivity contribution < 1.29 is 5.11 Å². The molecule has 6 heteroatoms. The van der Waals surface area contributed by atoms with Gasteiger partial charge in [0.2, 0.25) is 0 Å². The molecule has 1 saturated heterocycles. The number of hydrogen-bond donors (Lipinski definition) is 3. The number of aliphatic hydroxyl groups is 1. The summed E-state index contributed by atoms with van der Waals surface area (Å²) in [4.78, 5) is 0. The van der Waals surface area contributed by atoms with Gasteiger partial charge in [-0.2, -0.15) is 5.10 Å². The fourth-order valence-corrected chi connectivity index (χ4v) is 3.90. The summed E-state index contributed by atoms with van der Waals surface area (Å²) in [5, 5.41) is 21.7. The third kappa shape index (κ3) is 5.29. The quantitative estimate of drug-likeness (QED) is 0.542. The monoisotopic (exact) mass is 426 g/mol. The molecule has 160 valence electrons. The van der Waals surface area contributed by atoms with Crippen LogP contribution in [-0.4, -0.2) is 40.6 Å². The molecule has 30 heavy (non-hydrogen) atoms. The predicted molar refractivity (Wildman–Crippen MR) is 124 cm³/mol. The van der Waals surface area contributed by atoms with Crippen molar-refractivity contribution in [2.24, 2.45) is 5.92 Å². The lowest BCUT2D eigenvalue weighted by Gasteiger charge is -2.14. The van der Waals surface area contributed by atoms with Crippen LogP contribution in [0.5, 0.6) is 0 Å². The number of nitrogens with one attached hydrogen (secondary N) is 2. The van der Waals surface area contributed by atoms with Crippen molar-refractivity contribution in [2.75, 3.05) is 19.6 Å². The number of β-amino-alcohol motifs (C(OH)–C–C–N with tert-alkyl or cyclic N) is 1. The molecule has 5 nitrogen and oxygen atoms in total. The van der Waals surface area contributed by atoms with E-state index in [-0.39, 0.29) is 24.4 Å². The molecule has 2 aromatic carbocycles. The summed E-state index contributed by atoms with van der Waals surface area (Å²) in [7, 11) is 0. The molecule has 1 aliphatic rings. The van der Waals surface area contributed by atoms with E-state index in [9.17, 15) is 5.11 Å². The Morgan fingerprint density at radius 2 is 1.90 bits per heavy atom. The number of halogens is 1. The Morgan fingerprint density at radius 3 is 2.60 bits per heavy atom. The van der Waals surface area contributed by atoms with Gasteiger partial charge < -0.3 is 15.7 Å². The summed E-state index contributed by atoms with van der Waals surface area (Å²) in [6.45, 7) is 8.12. The van der Waals surface area contributed by atoms with Crippen molar-refractivity contribution in [3.05, 3.63) is 77.0 Å². The second-order valence-corrected chi connectivity index (χ2v) is 8.10. The molecule has 1 aliphatic heterocycles. The van der Waals surface area contributed by atoms with Crippen LogP contribution >= 0.6 is 12.4 Å². The number of hydrogen-bond acceptors (Lipinski definition) is 4. The van der Waals surface area contributed by atoms with E-state index in [4.69, 9.17) is 5.10 Å². The number of benzene rings is 2. The first-order valence-corrected chi connectivity index (χ1v) is 10.4. The van der Waals surface area contributed by atoms with Gasteiger partial charge in [-0.05, 0) is 36.6 Å². The van der Waals surface area contributed by atoms with E-state index >= 15 is 0 Å². The van der Waals surface area contributed by atoms with Gasteiger partial charge in [-0.1, -0.05) is 42.5 Å². The standard InChI is InChI=1S/C24H30N4O.ClH/c1-17-8-9-20(10-18(17)2)24-22(13-25-11-21-12-26-14-23(21)29)16-28(27-24)15-19-6-4-3-5-7-19;/h3-10,16,21,23,25-26,29H,11-15H2,1-2H3;1H. The van der Waals surface area contributed by atoms with Gasteiger partial charge in [-0.15, -0.1) is 12.4 Å². The second kappa shape index (κ2) is 10.2. The summed E-state index contributed by atoms with van der Waals surface area (Å²) in [5.41, 5.74) is 7.17. The topological polar surface area (TPSA) is 62.1 Å². The van der Waals surface area contributed by atoms with Crippen molar-refractivity contribution in [1.29, 1.82) is 0 Å². The first-order chi connectivity index (χ1) is 14.1. The molecule has 1 aromatic heterocycles. The normalized spacial score (nSPS) is 18.4. The van der Waals surface area contributed by atoms with E-state index in [0.717, 1.165) is 37.4 Å². The Bertz CT molecular complexity index is 957. The molecule has 4 rings (SSSR count). The molecule has 0 amide bonds. The largest absolute Gasteiger partial charge is 0.391 e. The first kappa shape index (κ1) is 22.5. The zero-order chi connectivity index (χ0) is 20.2. The van der Waals surface area contributed by atoms with E-state index in [1.165, 1.54) is 22.3 Å². The maximum atomic E-state index is 10.0. The van der Waals surface area contributed by atoms with Crippen molar-refractivity contribution in [1.82, 2.24) is 20.4 Å². The summed E-state index contributed by atoms with van der Waals surface area (Å²) < 4.78 is 2.03. The lowest BCUT2D eigenvalue weighted by atomic mass is 10.0. The Kier molecular flexibility index (Phi) is 7.67. The third-order valence-corrected chi connectivity index (χ3v) is 5.83. The lowest BCUT2D eigenvalue weighted by molar-refractivity contribution is 0.146. The maximum Gasteiger partial charge on any atom is 0.0968 e. The Morgan fingerprint density at radius 1 is 1.10 bits per heavy atom.